The van der Waals surface area contributed by atoms with E-state index in [9.17, 15) is 0 Å². The Hall–Kier alpha value is -0.340. The van der Waals surface area contributed by atoms with Crippen molar-refractivity contribution in [3.05, 3.63) is 12.2 Å². The normalized spacial score (nSPS) is 11.6. The van der Waals surface area contributed by atoms with E-state index in [1.807, 2.05) is 6.92 Å². The minimum absolute atomic E-state index is 0.878. The second-order valence-corrected chi connectivity index (χ2v) is 3.70. The van der Waals surface area contributed by atoms with Crippen LogP contribution in [0, 0.1) is 0 Å². The van der Waals surface area contributed by atoms with Crippen LogP contribution in [0.2, 0.25) is 0 Å². The Labute approximate surface area is 70.5 Å². The zero-order valence-electron chi connectivity index (χ0n) is 8.28. The number of nitrogens with zero attached hydrogens (tertiary/aromatic N) is 1. The lowest BCUT2D eigenvalue weighted by atomic mass is 10.3. The van der Waals surface area contributed by atoms with Gasteiger partial charge in [-0.15, -0.1) is 0 Å². The molecule has 0 amide bonds. The highest BCUT2D eigenvalue weighted by Gasteiger charge is 2.11. The molecule has 0 radical (unpaired) electrons. The molecule has 2 nitrogen and oxygen atoms in total. The summed E-state index contributed by atoms with van der Waals surface area (Å²) in [6.45, 7) is 10.2. The second-order valence-electron chi connectivity index (χ2n) is 3.70. The van der Waals surface area contributed by atoms with Gasteiger partial charge in [0, 0.05) is 0 Å². The molecular formula is C9H21N2+. The van der Waals surface area contributed by atoms with Crippen molar-refractivity contribution in [2.45, 2.75) is 20.3 Å². The number of quaternary nitrogens is 1. The van der Waals surface area contributed by atoms with Crippen LogP contribution in [0.25, 0.3) is 0 Å². The molecule has 0 spiro atoms. The Morgan fingerprint density at radius 1 is 1.45 bits per heavy atom. The molecule has 0 aliphatic heterocycles. The predicted octanol–water partition coefficient (Wildman–Crippen LogP) is 1.55. The molecule has 0 unspecified atom stereocenters. The lowest BCUT2D eigenvalue weighted by Crippen LogP contribution is -2.52. The molecule has 0 aliphatic carbocycles. The highest BCUT2D eigenvalue weighted by atomic mass is 15.6. The van der Waals surface area contributed by atoms with Crippen LogP contribution in [-0.4, -0.2) is 31.8 Å². The molecule has 0 saturated heterocycles. The second kappa shape index (κ2) is 4.52. The molecule has 0 saturated carbocycles. The van der Waals surface area contributed by atoms with E-state index >= 15 is 0 Å². The third-order valence-electron chi connectivity index (χ3n) is 1.59. The van der Waals surface area contributed by atoms with Crippen molar-refractivity contribution in [2.24, 2.45) is 0 Å². The number of hydrogen-bond acceptors (Lipinski definition) is 1. The summed E-state index contributed by atoms with van der Waals surface area (Å²) < 4.78 is 0.878. The summed E-state index contributed by atoms with van der Waals surface area (Å²) >= 11 is 0. The Morgan fingerprint density at radius 3 is 2.36 bits per heavy atom. The monoisotopic (exact) mass is 157 g/mol. The van der Waals surface area contributed by atoms with Gasteiger partial charge in [0.05, 0.1) is 27.2 Å². The molecule has 0 aromatic heterocycles. The molecule has 1 N–H and O–H groups in total. The van der Waals surface area contributed by atoms with Crippen molar-refractivity contribution in [3.8, 4) is 0 Å². The van der Waals surface area contributed by atoms with Gasteiger partial charge in [-0.2, -0.15) is 5.43 Å². The van der Waals surface area contributed by atoms with Crippen molar-refractivity contribution in [1.29, 1.82) is 0 Å². The van der Waals surface area contributed by atoms with E-state index in [-0.39, 0.29) is 0 Å². The van der Waals surface area contributed by atoms with Crippen LogP contribution in [0.3, 0.4) is 0 Å². The van der Waals surface area contributed by atoms with Crippen molar-refractivity contribution in [2.75, 3.05) is 27.2 Å². The van der Waals surface area contributed by atoms with Crippen LogP contribution in [0.1, 0.15) is 20.3 Å². The third-order valence-corrected chi connectivity index (χ3v) is 1.59. The van der Waals surface area contributed by atoms with Gasteiger partial charge < -0.3 is 0 Å². The van der Waals surface area contributed by atoms with Crippen molar-refractivity contribution in [3.63, 3.8) is 0 Å². The maximum absolute atomic E-state index is 3.85. The highest BCUT2D eigenvalue weighted by molar-refractivity contribution is 4.88. The number of hydrogen-bond donors (Lipinski definition) is 1. The number of nitrogens with one attached hydrogen (secondary N) is 1. The smallest absolute Gasteiger partial charge is 0.0955 e. The van der Waals surface area contributed by atoms with Gasteiger partial charge in [-0.25, -0.2) is 0 Å². The minimum atomic E-state index is 0.878. The molecule has 2 heteroatoms. The Balaban J connectivity index is 3.63. The van der Waals surface area contributed by atoms with Gasteiger partial charge in [0.1, 0.15) is 0 Å². The molecular weight excluding hydrogens is 136 g/mol. The van der Waals surface area contributed by atoms with E-state index in [0.29, 0.717) is 0 Å². The quantitative estimate of drug-likeness (QED) is 0.363. The highest BCUT2D eigenvalue weighted by Crippen LogP contribution is 1.94. The van der Waals surface area contributed by atoms with Gasteiger partial charge in [-0.05, 0) is 13.3 Å². The standard InChI is InChI=1S/C9H21N2/c1-6-7-11(4,5)10-8-9(2)3/h10H,2,6-8H2,1,3-5H3/q+1. The summed E-state index contributed by atoms with van der Waals surface area (Å²) in [6, 6.07) is 0. The first-order chi connectivity index (χ1) is 4.98. The fourth-order valence-electron chi connectivity index (χ4n) is 0.987. The van der Waals surface area contributed by atoms with Gasteiger partial charge in [0.2, 0.25) is 0 Å². The first-order valence-electron chi connectivity index (χ1n) is 4.20. The molecule has 0 heterocycles. The maximum atomic E-state index is 3.85. The molecule has 0 aromatic carbocycles. The summed E-state index contributed by atoms with van der Waals surface area (Å²) in [7, 11) is 4.35. The van der Waals surface area contributed by atoms with Gasteiger partial charge in [0.25, 0.3) is 0 Å². The van der Waals surface area contributed by atoms with E-state index in [2.05, 4.69) is 33.0 Å². The molecule has 0 atom stereocenters. The lowest BCUT2D eigenvalue weighted by molar-refractivity contribution is -0.933. The molecule has 0 aliphatic rings. The van der Waals surface area contributed by atoms with Crippen molar-refractivity contribution >= 4 is 0 Å². The van der Waals surface area contributed by atoms with Gasteiger partial charge in [-0.3, -0.25) is 4.59 Å². The summed E-state index contributed by atoms with van der Waals surface area (Å²) in [4.78, 5) is 0. The first kappa shape index (κ1) is 10.7. The van der Waals surface area contributed by atoms with Crippen molar-refractivity contribution < 1.29 is 4.59 Å². The van der Waals surface area contributed by atoms with Crippen LogP contribution in [-0.2, 0) is 0 Å². The Morgan fingerprint density at radius 2 is 2.00 bits per heavy atom. The molecule has 0 bridgehead atoms. The fourth-order valence-corrected chi connectivity index (χ4v) is 0.987. The minimum Gasteiger partial charge on any atom is -0.250 e. The Kier molecular flexibility index (Phi) is 4.38. The van der Waals surface area contributed by atoms with E-state index in [1.165, 1.54) is 12.0 Å². The van der Waals surface area contributed by atoms with Gasteiger partial charge in [-0.1, -0.05) is 19.1 Å². The molecule has 66 valence electrons. The van der Waals surface area contributed by atoms with E-state index in [1.54, 1.807) is 0 Å². The van der Waals surface area contributed by atoms with Crippen LogP contribution in [0.5, 0.6) is 0 Å². The topological polar surface area (TPSA) is 12.0 Å². The molecule has 0 fully saturated rings. The van der Waals surface area contributed by atoms with E-state index in [4.69, 9.17) is 0 Å². The van der Waals surface area contributed by atoms with Gasteiger partial charge >= 0.3 is 0 Å². The summed E-state index contributed by atoms with van der Waals surface area (Å²) in [5.41, 5.74) is 4.58. The first-order valence-corrected chi connectivity index (χ1v) is 4.20. The zero-order chi connectivity index (χ0) is 8.91. The summed E-state index contributed by atoms with van der Waals surface area (Å²) in [5.74, 6) is 0. The molecule has 0 aromatic rings. The molecule has 0 rings (SSSR count). The SMILES string of the molecule is C=C(C)CN[N+](C)(C)CCC. The molecule has 11 heavy (non-hydrogen) atoms. The maximum Gasteiger partial charge on any atom is 0.0955 e. The average Bonchev–Trinajstić information content (AvgIpc) is 1.84. The summed E-state index contributed by atoms with van der Waals surface area (Å²) in [6.07, 6.45) is 1.20. The fraction of sp³-hybridized carbons (Fsp3) is 0.778. The van der Waals surface area contributed by atoms with Crippen LogP contribution in [0.4, 0.5) is 0 Å². The zero-order valence-corrected chi connectivity index (χ0v) is 8.28. The van der Waals surface area contributed by atoms with Gasteiger partial charge in [0.15, 0.2) is 0 Å². The van der Waals surface area contributed by atoms with E-state index in [0.717, 1.165) is 17.7 Å². The number of rotatable bonds is 5. The van der Waals surface area contributed by atoms with Crippen LogP contribution < -0.4 is 5.43 Å². The average molecular weight is 157 g/mol. The van der Waals surface area contributed by atoms with Crippen LogP contribution in [0.15, 0.2) is 12.2 Å². The largest absolute Gasteiger partial charge is 0.250 e. The predicted molar refractivity (Wildman–Crippen MR) is 50.1 cm³/mol. The van der Waals surface area contributed by atoms with Crippen molar-refractivity contribution in [1.82, 2.24) is 5.43 Å². The Bertz CT molecular complexity index is 128. The van der Waals surface area contributed by atoms with E-state index < -0.39 is 0 Å². The summed E-state index contributed by atoms with van der Waals surface area (Å²) in [5, 5.41) is 0. The van der Waals surface area contributed by atoms with Crippen LogP contribution >= 0.6 is 0 Å². The third kappa shape index (κ3) is 6.07. The lowest BCUT2D eigenvalue weighted by Gasteiger charge is -2.29.